The second kappa shape index (κ2) is 8.84. The summed E-state index contributed by atoms with van der Waals surface area (Å²) >= 11 is 5.87. The van der Waals surface area contributed by atoms with Crippen LogP contribution in [0.5, 0.6) is 0 Å². The van der Waals surface area contributed by atoms with Gasteiger partial charge in [-0.15, -0.1) is 0 Å². The van der Waals surface area contributed by atoms with Gasteiger partial charge in [-0.05, 0) is 54.4 Å². The first-order valence-electron chi connectivity index (χ1n) is 8.78. The lowest BCUT2D eigenvalue weighted by molar-refractivity contribution is 0.0597. The molecule has 0 unspecified atom stereocenters. The van der Waals surface area contributed by atoms with Crippen LogP contribution in [0.4, 0.5) is 4.39 Å². The SMILES string of the molecule is COC(=O)c1cc(-c2ccc(F)c(C)c2)nn(C/C=C/c2ccc(Cl)cc2)c1=O. The summed E-state index contributed by atoms with van der Waals surface area (Å²) in [6, 6.07) is 13.0. The van der Waals surface area contributed by atoms with Gasteiger partial charge in [0, 0.05) is 10.6 Å². The standard InChI is InChI=1S/C22H18ClFN2O3/c1-14-12-16(7-10-19(14)24)20-13-18(22(28)29-2)21(27)26(25-20)11-3-4-15-5-8-17(23)9-6-15/h3-10,12-13H,11H2,1-2H3/b4-3+. The Morgan fingerprint density at radius 3 is 2.59 bits per heavy atom. The quantitative estimate of drug-likeness (QED) is 0.578. The molecule has 3 rings (SSSR count). The van der Waals surface area contributed by atoms with Gasteiger partial charge >= 0.3 is 5.97 Å². The van der Waals surface area contributed by atoms with E-state index in [9.17, 15) is 14.0 Å². The lowest BCUT2D eigenvalue weighted by atomic mass is 10.1. The van der Waals surface area contributed by atoms with Crippen LogP contribution in [-0.4, -0.2) is 22.9 Å². The highest BCUT2D eigenvalue weighted by Gasteiger charge is 2.17. The third-order valence-electron chi connectivity index (χ3n) is 4.29. The Labute approximate surface area is 172 Å². The molecule has 0 radical (unpaired) electrons. The van der Waals surface area contributed by atoms with E-state index in [1.807, 2.05) is 18.2 Å². The molecule has 1 aromatic heterocycles. The summed E-state index contributed by atoms with van der Waals surface area (Å²) in [6.07, 6.45) is 3.56. The van der Waals surface area contributed by atoms with Crippen molar-refractivity contribution in [2.45, 2.75) is 13.5 Å². The van der Waals surface area contributed by atoms with Crippen LogP contribution < -0.4 is 5.56 Å². The van der Waals surface area contributed by atoms with Crippen molar-refractivity contribution >= 4 is 23.6 Å². The lowest BCUT2D eigenvalue weighted by Crippen LogP contribution is -2.29. The minimum Gasteiger partial charge on any atom is -0.465 e. The second-order valence-corrected chi connectivity index (χ2v) is 6.78. The number of aryl methyl sites for hydroxylation is 1. The lowest BCUT2D eigenvalue weighted by Gasteiger charge is -2.09. The van der Waals surface area contributed by atoms with Gasteiger partial charge in [0.25, 0.3) is 5.56 Å². The number of nitrogens with zero attached hydrogens (tertiary/aromatic N) is 2. The molecule has 0 saturated heterocycles. The van der Waals surface area contributed by atoms with Gasteiger partial charge in [-0.25, -0.2) is 13.9 Å². The molecule has 0 aliphatic carbocycles. The van der Waals surface area contributed by atoms with Crippen LogP contribution in [0.2, 0.25) is 5.02 Å². The van der Waals surface area contributed by atoms with E-state index in [1.54, 1.807) is 37.3 Å². The third kappa shape index (κ3) is 4.78. The summed E-state index contributed by atoms with van der Waals surface area (Å²) < 4.78 is 19.5. The van der Waals surface area contributed by atoms with Crippen LogP contribution in [-0.2, 0) is 11.3 Å². The summed E-state index contributed by atoms with van der Waals surface area (Å²) in [7, 11) is 1.20. The van der Waals surface area contributed by atoms with Crippen molar-refractivity contribution in [3.63, 3.8) is 0 Å². The minimum atomic E-state index is -0.757. The maximum Gasteiger partial charge on any atom is 0.343 e. The number of methoxy groups -OCH3 is 1. The van der Waals surface area contributed by atoms with E-state index in [1.165, 1.54) is 23.9 Å². The first-order valence-corrected chi connectivity index (χ1v) is 9.16. The van der Waals surface area contributed by atoms with E-state index < -0.39 is 11.5 Å². The maximum absolute atomic E-state index is 13.6. The smallest absolute Gasteiger partial charge is 0.343 e. The molecule has 29 heavy (non-hydrogen) atoms. The number of carbonyl (C=O) groups excluding carboxylic acids is 1. The van der Waals surface area contributed by atoms with Gasteiger partial charge in [0.05, 0.1) is 19.3 Å². The van der Waals surface area contributed by atoms with Crippen molar-refractivity contribution in [3.8, 4) is 11.3 Å². The van der Waals surface area contributed by atoms with Crippen LogP contribution in [0, 0.1) is 12.7 Å². The Morgan fingerprint density at radius 1 is 1.21 bits per heavy atom. The summed E-state index contributed by atoms with van der Waals surface area (Å²) in [4.78, 5) is 24.7. The zero-order chi connectivity index (χ0) is 21.0. The Bertz CT molecular complexity index is 1140. The zero-order valence-electron chi connectivity index (χ0n) is 15.9. The molecule has 7 heteroatoms. The van der Waals surface area contributed by atoms with E-state index in [0.29, 0.717) is 21.8 Å². The Morgan fingerprint density at radius 2 is 1.93 bits per heavy atom. The molecule has 1 heterocycles. The second-order valence-electron chi connectivity index (χ2n) is 6.34. The fourth-order valence-corrected chi connectivity index (χ4v) is 2.86. The van der Waals surface area contributed by atoms with Crippen molar-refractivity contribution < 1.29 is 13.9 Å². The third-order valence-corrected chi connectivity index (χ3v) is 4.54. The molecule has 0 spiro atoms. The van der Waals surface area contributed by atoms with Gasteiger partial charge < -0.3 is 4.74 Å². The van der Waals surface area contributed by atoms with Crippen molar-refractivity contribution in [1.29, 1.82) is 0 Å². The molecule has 0 aliphatic heterocycles. The Balaban J connectivity index is 2.00. The number of esters is 1. The van der Waals surface area contributed by atoms with E-state index in [2.05, 4.69) is 5.10 Å². The van der Waals surface area contributed by atoms with Crippen LogP contribution in [0.25, 0.3) is 17.3 Å². The molecule has 0 N–H and O–H groups in total. The van der Waals surface area contributed by atoms with Gasteiger partial charge in [-0.2, -0.15) is 5.10 Å². The number of hydrogen-bond acceptors (Lipinski definition) is 4. The van der Waals surface area contributed by atoms with Crippen molar-refractivity contribution in [2.75, 3.05) is 7.11 Å². The molecule has 0 aliphatic rings. The number of aromatic nitrogens is 2. The molecule has 0 fully saturated rings. The Hall–Kier alpha value is -3.25. The Kier molecular flexibility index (Phi) is 6.24. The molecule has 0 atom stereocenters. The van der Waals surface area contributed by atoms with Gasteiger partial charge in [0.1, 0.15) is 11.4 Å². The van der Waals surface area contributed by atoms with E-state index in [-0.39, 0.29) is 17.9 Å². The molecular formula is C22H18ClFN2O3. The van der Waals surface area contributed by atoms with Crippen molar-refractivity contribution in [3.05, 3.63) is 92.5 Å². The molecule has 2 aromatic carbocycles. The molecule has 5 nitrogen and oxygen atoms in total. The molecule has 0 saturated carbocycles. The number of allylic oxidation sites excluding steroid dienone is 1. The maximum atomic E-state index is 13.6. The highest BCUT2D eigenvalue weighted by molar-refractivity contribution is 6.30. The summed E-state index contributed by atoms with van der Waals surface area (Å²) in [6.45, 7) is 1.77. The first kappa shape index (κ1) is 20.5. The number of rotatable bonds is 5. The highest BCUT2D eigenvalue weighted by atomic mass is 35.5. The molecule has 148 valence electrons. The number of ether oxygens (including phenoxy) is 1. The predicted molar refractivity (Wildman–Crippen MR) is 110 cm³/mol. The average Bonchev–Trinajstić information content (AvgIpc) is 2.72. The summed E-state index contributed by atoms with van der Waals surface area (Å²) in [5.41, 5.74) is 1.59. The van der Waals surface area contributed by atoms with E-state index in [4.69, 9.17) is 16.3 Å². The fraction of sp³-hybridized carbons (Fsp3) is 0.136. The highest BCUT2D eigenvalue weighted by Crippen LogP contribution is 2.20. The molecular weight excluding hydrogens is 395 g/mol. The number of carbonyl (C=O) groups is 1. The van der Waals surface area contributed by atoms with E-state index >= 15 is 0 Å². The number of hydrogen-bond donors (Lipinski definition) is 0. The number of halogens is 2. The summed E-state index contributed by atoms with van der Waals surface area (Å²) in [5.74, 6) is -1.10. The van der Waals surface area contributed by atoms with Gasteiger partial charge in [0.15, 0.2) is 0 Å². The van der Waals surface area contributed by atoms with Gasteiger partial charge in [-0.3, -0.25) is 4.79 Å². The predicted octanol–water partition coefficient (Wildman–Crippen LogP) is 4.51. The van der Waals surface area contributed by atoms with Crippen LogP contribution in [0.15, 0.2) is 59.4 Å². The average molecular weight is 413 g/mol. The van der Waals surface area contributed by atoms with Crippen LogP contribution in [0.3, 0.4) is 0 Å². The number of benzene rings is 2. The fourth-order valence-electron chi connectivity index (χ4n) is 2.73. The van der Waals surface area contributed by atoms with Crippen LogP contribution >= 0.6 is 11.6 Å². The minimum absolute atomic E-state index is 0.138. The first-order chi connectivity index (χ1) is 13.9. The van der Waals surface area contributed by atoms with E-state index in [0.717, 1.165) is 5.56 Å². The van der Waals surface area contributed by atoms with Crippen LogP contribution in [0.1, 0.15) is 21.5 Å². The monoisotopic (exact) mass is 412 g/mol. The molecule has 0 amide bonds. The topological polar surface area (TPSA) is 61.2 Å². The molecule has 0 bridgehead atoms. The zero-order valence-corrected chi connectivity index (χ0v) is 16.6. The summed E-state index contributed by atoms with van der Waals surface area (Å²) in [5, 5.41) is 4.97. The normalized spacial score (nSPS) is 11.0. The molecule has 3 aromatic rings. The van der Waals surface area contributed by atoms with Gasteiger partial charge in [0.2, 0.25) is 0 Å². The van der Waals surface area contributed by atoms with Gasteiger partial charge in [-0.1, -0.05) is 35.9 Å². The van der Waals surface area contributed by atoms with Crippen molar-refractivity contribution in [2.24, 2.45) is 0 Å². The largest absolute Gasteiger partial charge is 0.465 e. The van der Waals surface area contributed by atoms with Crippen molar-refractivity contribution in [1.82, 2.24) is 9.78 Å².